The van der Waals surface area contributed by atoms with Gasteiger partial charge in [-0.3, -0.25) is 14.9 Å². The van der Waals surface area contributed by atoms with Crippen LogP contribution in [0.2, 0.25) is 5.02 Å². The summed E-state index contributed by atoms with van der Waals surface area (Å²) in [5, 5.41) is 15.1. The predicted octanol–water partition coefficient (Wildman–Crippen LogP) is 2.43. The highest BCUT2D eigenvalue weighted by Gasteiger charge is 2.28. The molecule has 1 aromatic heterocycles. The van der Waals surface area contributed by atoms with Crippen LogP contribution in [0.1, 0.15) is 22.1 Å². The molecular weight excluding hydrogens is 366 g/mol. The van der Waals surface area contributed by atoms with Crippen molar-refractivity contribution < 1.29 is 9.90 Å². The number of pyridine rings is 1. The lowest BCUT2D eigenvalue weighted by molar-refractivity contribution is 0.0697. The standard InChI is InChI=1S/C19H20ClN5O2/c1-24(2)9-3-4-10-25-17-6-5-13(20)11-15(17)18(23-25)22-16-12-21-8-7-14(16)19(26)27/h5-8,11-12,18,22-23H,9-10H2,1-2H3,(H,26,27). The number of fused-ring (bicyclic) bond motifs is 1. The topological polar surface area (TPSA) is 80.7 Å². The molecule has 0 spiro atoms. The molecule has 0 fully saturated rings. The minimum Gasteiger partial charge on any atom is -0.478 e. The summed E-state index contributed by atoms with van der Waals surface area (Å²) in [6.07, 6.45) is 2.60. The van der Waals surface area contributed by atoms with Gasteiger partial charge in [0.15, 0.2) is 0 Å². The average Bonchev–Trinajstić information content (AvgIpc) is 2.95. The maximum atomic E-state index is 11.4. The Labute approximate surface area is 162 Å². The molecule has 1 atom stereocenters. The van der Waals surface area contributed by atoms with Crippen LogP contribution in [-0.4, -0.2) is 48.1 Å². The van der Waals surface area contributed by atoms with Gasteiger partial charge in [-0.25, -0.2) is 10.2 Å². The Hall–Kier alpha value is -2.79. The summed E-state index contributed by atoms with van der Waals surface area (Å²) < 4.78 is 0. The number of hydrogen-bond acceptors (Lipinski definition) is 6. The number of nitrogens with one attached hydrogen (secondary N) is 2. The summed E-state index contributed by atoms with van der Waals surface area (Å²) >= 11 is 6.17. The number of benzene rings is 1. The number of carboxylic acids is 1. The lowest BCUT2D eigenvalue weighted by atomic mass is 10.1. The summed E-state index contributed by atoms with van der Waals surface area (Å²) in [4.78, 5) is 17.5. The molecule has 8 heteroatoms. The Bertz CT molecular complexity index is 906. The Morgan fingerprint density at radius 1 is 1.41 bits per heavy atom. The molecule has 7 nitrogen and oxygen atoms in total. The van der Waals surface area contributed by atoms with E-state index in [1.807, 2.05) is 42.2 Å². The first-order chi connectivity index (χ1) is 13.0. The van der Waals surface area contributed by atoms with Gasteiger partial charge >= 0.3 is 5.97 Å². The number of rotatable bonds is 5. The van der Waals surface area contributed by atoms with Crippen LogP contribution in [0.15, 0.2) is 36.7 Å². The van der Waals surface area contributed by atoms with Gasteiger partial charge in [0.2, 0.25) is 0 Å². The van der Waals surface area contributed by atoms with Crippen LogP contribution in [0, 0.1) is 11.8 Å². The summed E-state index contributed by atoms with van der Waals surface area (Å²) in [7, 11) is 3.93. The van der Waals surface area contributed by atoms with E-state index in [0.717, 1.165) is 11.3 Å². The first kappa shape index (κ1) is 19.0. The Balaban J connectivity index is 1.84. The lowest BCUT2D eigenvalue weighted by Crippen LogP contribution is -2.37. The molecule has 1 unspecified atom stereocenters. The van der Waals surface area contributed by atoms with Crippen molar-refractivity contribution >= 4 is 28.9 Å². The van der Waals surface area contributed by atoms with Crippen LogP contribution in [0.25, 0.3) is 0 Å². The van der Waals surface area contributed by atoms with E-state index in [1.54, 1.807) is 0 Å². The van der Waals surface area contributed by atoms with Gasteiger partial charge in [-0.2, -0.15) is 0 Å². The highest BCUT2D eigenvalue weighted by atomic mass is 35.5. The molecule has 3 rings (SSSR count). The monoisotopic (exact) mass is 385 g/mol. The fraction of sp³-hybridized carbons (Fsp3) is 0.263. The quantitative estimate of drug-likeness (QED) is 0.682. The normalized spacial score (nSPS) is 15.3. The molecule has 0 amide bonds. The highest BCUT2D eigenvalue weighted by Crippen LogP contribution is 2.35. The largest absolute Gasteiger partial charge is 0.478 e. The van der Waals surface area contributed by atoms with Gasteiger partial charge in [-0.1, -0.05) is 23.4 Å². The molecule has 0 saturated carbocycles. The van der Waals surface area contributed by atoms with Crippen LogP contribution < -0.4 is 15.8 Å². The van der Waals surface area contributed by atoms with Gasteiger partial charge in [-0.05, 0) is 38.4 Å². The van der Waals surface area contributed by atoms with Crippen molar-refractivity contribution in [2.75, 3.05) is 37.5 Å². The van der Waals surface area contributed by atoms with E-state index < -0.39 is 5.97 Å². The minimum absolute atomic E-state index is 0.152. The van der Waals surface area contributed by atoms with E-state index in [9.17, 15) is 9.90 Å². The van der Waals surface area contributed by atoms with Crippen LogP contribution in [-0.2, 0) is 0 Å². The van der Waals surface area contributed by atoms with Crippen molar-refractivity contribution in [3.05, 3.63) is 52.8 Å². The van der Waals surface area contributed by atoms with E-state index >= 15 is 0 Å². The maximum absolute atomic E-state index is 11.4. The second-order valence-electron chi connectivity index (χ2n) is 6.31. The number of hydrogen-bond donors (Lipinski definition) is 3. The van der Waals surface area contributed by atoms with Crippen molar-refractivity contribution in [2.24, 2.45) is 0 Å². The number of carbonyl (C=O) groups is 1. The highest BCUT2D eigenvalue weighted by molar-refractivity contribution is 6.30. The van der Waals surface area contributed by atoms with Gasteiger partial charge in [0, 0.05) is 16.8 Å². The molecule has 0 aliphatic carbocycles. The molecule has 3 N–H and O–H groups in total. The lowest BCUT2D eigenvalue weighted by Gasteiger charge is -2.20. The molecule has 0 bridgehead atoms. The molecule has 0 saturated heterocycles. The summed E-state index contributed by atoms with van der Waals surface area (Å²) in [6.45, 7) is 1.17. The van der Waals surface area contributed by atoms with Crippen LogP contribution in [0.4, 0.5) is 11.4 Å². The van der Waals surface area contributed by atoms with E-state index in [2.05, 4.69) is 27.6 Å². The third-order valence-corrected chi connectivity index (χ3v) is 4.22. The van der Waals surface area contributed by atoms with E-state index in [1.165, 1.54) is 18.5 Å². The molecule has 1 aliphatic rings. The number of aromatic nitrogens is 1. The first-order valence-corrected chi connectivity index (χ1v) is 8.71. The van der Waals surface area contributed by atoms with E-state index in [0.29, 0.717) is 23.8 Å². The number of aromatic carboxylic acids is 1. The summed E-state index contributed by atoms with van der Waals surface area (Å²) in [5.41, 5.74) is 5.75. The fourth-order valence-corrected chi connectivity index (χ4v) is 2.92. The smallest absolute Gasteiger partial charge is 0.337 e. The van der Waals surface area contributed by atoms with Gasteiger partial charge in [0.05, 0.1) is 36.2 Å². The van der Waals surface area contributed by atoms with Crippen molar-refractivity contribution in [2.45, 2.75) is 6.17 Å². The fourth-order valence-electron chi connectivity index (χ4n) is 2.74. The van der Waals surface area contributed by atoms with Gasteiger partial charge < -0.3 is 10.4 Å². The van der Waals surface area contributed by atoms with Crippen LogP contribution in [0.5, 0.6) is 0 Å². The first-order valence-electron chi connectivity index (χ1n) is 8.33. The molecular formula is C19H20ClN5O2. The maximum Gasteiger partial charge on any atom is 0.337 e. The number of nitrogens with zero attached hydrogens (tertiary/aromatic N) is 3. The minimum atomic E-state index is -1.02. The molecule has 2 aromatic rings. The summed E-state index contributed by atoms with van der Waals surface area (Å²) in [6, 6.07) is 7.05. The van der Waals surface area contributed by atoms with E-state index in [-0.39, 0.29) is 11.7 Å². The number of carboxylic acid groups (broad SMARTS) is 1. The van der Waals surface area contributed by atoms with Crippen molar-refractivity contribution in [1.29, 1.82) is 0 Å². The molecule has 1 aliphatic heterocycles. The predicted molar refractivity (Wildman–Crippen MR) is 106 cm³/mol. The third kappa shape index (κ3) is 4.49. The zero-order valence-corrected chi connectivity index (χ0v) is 15.8. The zero-order chi connectivity index (χ0) is 19.4. The third-order valence-electron chi connectivity index (χ3n) is 3.99. The second-order valence-corrected chi connectivity index (χ2v) is 6.75. The molecule has 0 radical (unpaired) electrons. The molecule has 1 aromatic carbocycles. The Kier molecular flexibility index (Phi) is 5.81. The molecule has 2 heterocycles. The summed E-state index contributed by atoms with van der Waals surface area (Å²) in [5.74, 6) is 5.22. The van der Waals surface area contributed by atoms with Gasteiger partial charge in [0.25, 0.3) is 0 Å². The SMILES string of the molecule is CN(C)CC#CCN1NC(Nc2cnccc2C(=O)O)c2cc(Cl)ccc21. The molecule has 27 heavy (non-hydrogen) atoms. The number of anilines is 2. The number of hydrazine groups is 1. The van der Waals surface area contributed by atoms with E-state index in [4.69, 9.17) is 11.6 Å². The zero-order valence-electron chi connectivity index (χ0n) is 15.0. The second kappa shape index (κ2) is 8.27. The van der Waals surface area contributed by atoms with Gasteiger partial charge in [0.1, 0.15) is 6.17 Å². The van der Waals surface area contributed by atoms with Gasteiger partial charge in [-0.15, -0.1) is 0 Å². The Morgan fingerprint density at radius 3 is 2.96 bits per heavy atom. The van der Waals surface area contributed by atoms with Crippen molar-refractivity contribution in [3.8, 4) is 11.8 Å². The van der Waals surface area contributed by atoms with Crippen LogP contribution >= 0.6 is 11.6 Å². The molecule has 140 valence electrons. The number of halogens is 1. The average molecular weight is 386 g/mol. The van der Waals surface area contributed by atoms with Crippen molar-refractivity contribution in [3.63, 3.8) is 0 Å². The Morgan fingerprint density at radius 2 is 2.22 bits per heavy atom. The van der Waals surface area contributed by atoms with Crippen LogP contribution in [0.3, 0.4) is 0 Å². The van der Waals surface area contributed by atoms with Crippen molar-refractivity contribution in [1.82, 2.24) is 15.3 Å².